The molecule has 0 saturated carbocycles. The molecule has 0 radical (unpaired) electrons. The smallest absolute Gasteiger partial charge is 0.178 e. The topological polar surface area (TPSA) is 81.4 Å². The Balaban J connectivity index is 2.18. The van der Waals surface area contributed by atoms with Crippen molar-refractivity contribution in [2.24, 2.45) is 0 Å². The van der Waals surface area contributed by atoms with Gasteiger partial charge in [0.2, 0.25) is 0 Å². The van der Waals surface area contributed by atoms with Crippen LogP contribution in [0.15, 0.2) is 30.9 Å². The van der Waals surface area contributed by atoms with E-state index in [9.17, 15) is 0 Å². The van der Waals surface area contributed by atoms with E-state index in [4.69, 9.17) is 0 Å². The van der Waals surface area contributed by atoms with Crippen LogP contribution in [-0.2, 0) is 0 Å². The van der Waals surface area contributed by atoms with Crippen LogP contribution < -0.4 is 5.32 Å². The minimum Gasteiger partial charge on any atom is -0.370 e. The van der Waals surface area contributed by atoms with Gasteiger partial charge in [-0.1, -0.05) is 0 Å². The molecule has 0 aliphatic carbocycles. The first-order valence-corrected chi connectivity index (χ1v) is 5.61. The van der Waals surface area contributed by atoms with E-state index in [1.54, 1.807) is 17.1 Å². The van der Waals surface area contributed by atoms with Crippen LogP contribution in [0.4, 0.5) is 5.82 Å². The van der Waals surface area contributed by atoms with Gasteiger partial charge in [0.15, 0.2) is 11.5 Å². The Labute approximate surface area is 103 Å². The van der Waals surface area contributed by atoms with Gasteiger partial charge in [0.25, 0.3) is 0 Å². The van der Waals surface area contributed by atoms with Gasteiger partial charge in [0, 0.05) is 12.7 Å². The van der Waals surface area contributed by atoms with E-state index in [0.717, 1.165) is 17.7 Å². The highest BCUT2D eigenvalue weighted by molar-refractivity contribution is 5.86. The standard InChI is InChI=1S/C11H11N7/c1-2-12-10-8-6-16-18(11(8)14-7-13-10)9-4-3-5-15-17-9/h3-7H,2H2,1H3,(H,12,13,14). The summed E-state index contributed by atoms with van der Waals surface area (Å²) in [4.78, 5) is 8.43. The molecule has 0 spiro atoms. The van der Waals surface area contributed by atoms with Crippen LogP contribution in [0, 0.1) is 0 Å². The number of hydrogen-bond acceptors (Lipinski definition) is 6. The molecule has 7 heteroatoms. The highest BCUT2D eigenvalue weighted by Crippen LogP contribution is 2.20. The largest absolute Gasteiger partial charge is 0.370 e. The third-order valence-corrected chi connectivity index (χ3v) is 2.49. The van der Waals surface area contributed by atoms with E-state index in [2.05, 4.69) is 30.6 Å². The van der Waals surface area contributed by atoms with Crippen molar-refractivity contribution >= 4 is 16.9 Å². The van der Waals surface area contributed by atoms with E-state index in [-0.39, 0.29) is 0 Å². The van der Waals surface area contributed by atoms with Crippen molar-refractivity contribution < 1.29 is 0 Å². The number of fused-ring (bicyclic) bond motifs is 1. The summed E-state index contributed by atoms with van der Waals surface area (Å²) in [5, 5.41) is 16.2. The van der Waals surface area contributed by atoms with Crippen LogP contribution in [0.5, 0.6) is 0 Å². The second-order valence-corrected chi connectivity index (χ2v) is 3.63. The molecule has 3 aromatic heterocycles. The maximum Gasteiger partial charge on any atom is 0.178 e. The quantitative estimate of drug-likeness (QED) is 0.737. The molecule has 0 aromatic carbocycles. The van der Waals surface area contributed by atoms with Crippen LogP contribution in [0.2, 0.25) is 0 Å². The van der Waals surface area contributed by atoms with Gasteiger partial charge in [-0.25, -0.2) is 9.97 Å². The molecule has 3 heterocycles. The minimum absolute atomic E-state index is 0.633. The van der Waals surface area contributed by atoms with Gasteiger partial charge in [-0.05, 0) is 19.1 Å². The van der Waals surface area contributed by atoms with E-state index in [1.807, 2.05) is 19.1 Å². The summed E-state index contributed by atoms with van der Waals surface area (Å²) in [7, 11) is 0. The predicted molar refractivity (Wildman–Crippen MR) is 66.4 cm³/mol. The first-order valence-electron chi connectivity index (χ1n) is 5.61. The third-order valence-electron chi connectivity index (χ3n) is 2.49. The number of anilines is 1. The highest BCUT2D eigenvalue weighted by atomic mass is 15.4. The Hall–Kier alpha value is -2.57. The molecular weight excluding hydrogens is 230 g/mol. The van der Waals surface area contributed by atoms with Gasteiger partial charge in [0.1, 0.15) is 12.1 Å². The van der Waals surface area contributed by atoms with Crippen molar-refractivity contribution in [3.63, 3.8) is 0 Å². The lowest BCUT2D eigenvalue weighted by atomic mass is 10.4. The van der Waals surface area contributed by atoms with Crippen molar-refractivity contribution in [2.45, 2.75) is 6.92 Å². The summed E-state index contributed by atoms with van der Waals surface area (Å²) in [6.07, 6.45) is 4.85. The lowest BCUT2D eigenvalue weighted by Gasteiger charge is -2.03. The monoisotopic (exact) mass is 241 g/mol. The Morgan fingerprint density at radius 3 is 3.06 bits per heavy atom. The van der Waals surface area contributed by atoms with Crippen molar-refractivity contribution in [1.29, 1.82) is 0 Å². The van der Waals surface area contributed by atoms with E-state index >= 15 is 0 Å². The highest BCUT2D eigenvalue weighted by Gasteiger charge is 2.10. The molecule has 0 bridgehead atoms. The van der Waals surface area contributed by atoms with Crippen molar-refractivity contribution in [1.82, 2.24) is 29.9 Å². The Kier molecular flexibility index (Phi) is 2.56. The molecule has 90 valence electrons. The zero-order chi connectivity index (χ0) is 12.4. The van der Waals surface area contributed by atoms with Crippen LogP contribution >= 0.6 is 0 Å². The molecule has 0 saturated heterocycles. The first-order chi connectivity index (χ1) is 8.90. The number of rotatable bonds is 3. The second kappa shape index (κ2) is 4.36. The minimum atomic E-state index is 0.633. The normalized spacial score (nSPS) is 10.7. The summed E-state index contributed by atoms with van der Waals surface area (Å²) >= 11 is 0. The fourth-order valence-electron chi connectivity index (χ4n) is 1.73. The number of hydrogen-bond donors (Lipinski definition) is 1. The molecule has 18 heavy (non-hydrogen) atoms. The average Bonchev–Trinajstić information content (AvgIpc) is 2.85. The third kappa shape index (κ3) is 1.65. The first kappa shape index (κ1) is 10.6. The van der Waals surface area contributed by atoms with E-state index in [1.165, 1.54) is 6.33 Å². The Morgan fingerprint density at radius 2 is 2.28 bits per heavy atom. The van der Waals surface area contributed by atoms with Crippen molar-refractivity contribution in [3.05, 3.63) is 30.9 Å². The SMILES string of the molecule is CCNc1ncnc2c1cnn2-c1cccnn1. The lowest BCUT2D eigenvalue weighted by Crippen LogP contribution is -2.03. The molecule has 1 N–H and O–H groups in total. The molecule has 0 atom stereocenters. The molecule has 0 unspecified atom stereocenters. The molecule has 7 nitrogen and oxygen atoms in total. The van der Waals surface area contributed by atoms with Crippen LogP contribution in [0.1, 0.15) is 6.92 Å². The summed E-state index contributed by atoms with van der Waals surface area (Å²) in [6.45, 7) is 2.81. The number of nitrogens with zero attached hydrogens (tertiary/aromatic N) is 6. The zero-order valence-corrected chi connectivity index (χ0v) is 9.78. The van der Waals surface area contributed by atoms with Crippen LogP contribution in [-0.4, -0.2) is 36.5 Å². The summed E-state index contributed by atoms with van der Waals surface area (Å²) in [5.41, 5.74) is 0.710. The van der Waals surface area contributed by atoms with E-state index < -0.39 is 0 Å². The number of aromatic nitrogens is 6. The second-order valence-electron chi connectivity index (χ2n) is 3.63. The Morgan fingerprint density at radius 1 is 1.33 bits per heavy atom. The van der Waals surface area contributed by atoms with Crippen molar-refractivity contribution in [2.75, 3.05) is 11.9 Å². The molecule has 3 aromatic rings. The summed E-state index contributed by atoms with van der Waals surface area (Å²) < 4.78 is 1.64. The average molecular weight is 241 g/mol. The predicted octanol–water partition coefficient (Wildman–Crippen LogP) is 1.04. The van der Waals surface area contributed by atoms with Gasteiger partial charge in [-0.3, -0.25) is 0 Å². The molecule has 0 aliphatic heterocycles. The fraction of sp³-hybridized carbons (Fsp3) is 0.182. The lowest BCUT2D eigenvalue weighted by molar-refractivity contribution is 0.827. The maximum absolute atomic E-state index is 4.28. The van der Waals surface area contributed by atoms with Gasteiger partial charge < -0.3 is 5.32 Å². The van der Waals surface area contributed by atoms with Crippen molar-refractivity contribution in [3.8, 4) is 5.82 Å². The van der Waals surface area contributed by atoms with Gasteiger partial charge >= 0.3 is 0 Å². The molecule has 0 fully saturated rings. The van der Waals surface area contributed by atoms with Gasteiger partial charge in [-0.15, -0.1) is 5.10 Å². The Bertz CT molecular complexity index is 661. The van der Waals surface area contributed by atoms with Gasteiger partial charge in [0.05, 0.1) is 11.6 Å². The van der Waals surface area contributed by atoms with Crippen LogP contribution in [0.25, 0.3) is 16.9 Å². The van der Waals surface area contributed by atoms with Gasteiger partial charge in [-0.2, -0.15) is 14.9 Å². The molecule has 0 amide bonds. The molecular formula is C11H11N7. The summed E-state index contributed by atoms with van der Waals surface area (Å²) in [5.74, 6) is 1.41. The van der Waals surface area contributed by atoms with Crippen LogP contribution in [0.3, 0.4) is 0 Å². The molecule has 0 aliphatic rings. The number of nitrogens with one attached hydrogen (secondary N) is 1. The summed E-state index contributed by atoms with van der Waals surface area (Å²) in [6, 6.07) is 3.64. The fourth-order valence-corrected chi connectivity index (χ4v) is 1.73. The zero-order valence-electron chi connectivity index (χ0n) is 9.78. The maximum atomic E-state index is 4.28. The van der Waals surface area contributed by atoms with E-state index in [0.29, 0.717) is 11.5 Å². The molecule has 3 rings (SSSR count).